The molecule has 2 N–H and O–H groups in total. The fraction of sp³-hybridized carbons (Fsp3) is 0.250. The Morgan fingerprint density at radius 1 is 1.31 bits per heavy atom. The number of fused-ring (bicyclic) bond motifs is 1. The summed E-state index contributed by atoms with van der Waals surface area (Å²) in [6.45, 7) is 2.62. The van der Waals surface area contributed by atoms with Crippen molar-refractivity contribution in [1.29, 1.82) is 0 Å². The van der Waals surface area contributed by atoms with E-state index in [2.05, 4.69) is 4.98 Å². The maximum Gasteiger partial charge on any atom is 0.0909 e. The Bertz CT molecular complexity index is 538. The third-order valence-electron chi connectivity index (χ3n) is 2.53. The van der Waals surface area contributed by atoms with Gasteiger partial charge >= 0.3 is 0 Å². The zero-order valence-electron chi connectivity index (χ0n) is 8.93. The molecule has 4 heteroatoms. The number of aromatic nitrogens is 1. The van der Waals surface area contributed by atoms with Gasteiger partial charge in [0.1, 0.15) is 0 Å². The van der Waals surface area contributed by atoms with Crippen LogP contribution in [0.3, 0.4) is 0 Å². The molecule has 0 aliphatic carbocycles. The molecule has 0 bridgehead atoms. The molecule has 2 rings (SSSR count). The molecule has 1 aromatic heterocycles. The molecule has 84 valence electrons. The van der Waals surface area contributed by atoms with Gasteiger partial charge in [-0.25, -0.2) is 0 Å². The molecule has 0 aliphatic rings. The Kier molecular flexibility index (Phi) is 3.33. The second-order valence-electron chi connectivity index (χ2n) is 3.73. The number of hydrogen-bond donors (Lipinski definition) is 1. The van der Waals surface area contributed by atoms with E-state index in [1.807, 2.05) is 19.1 Å². The van der Waals surface area contributed by atoms with E-state index in [9.17, 15) is 0 Å². The van der Waals surface area contributed by atoms with E-state index in [1.165, 1.54) is 0 Å². The van der Waals surface area contributed by atoms with E-state index in [-0.39, 0.29) is 0 Å². The van der Waals surface area contributed by atoms with E-state index < -0.39 is 0 Å². The highest BCUT2D eigenvalue weighted by molar-refractivity contribution is 6.45. The van der Waals surface area contributed by atoms with Gasteiger partial charge in [-0.05, 0) is 31.2 Å². The SMILES string of the molecule is Cc1cc(CCN)nc2c(Cl)c(Cl)ccc12. The zero-order valence-corrected chi connectivity index (χ0v) is 10.4. The van der Waals surface area contributed by atoms with Crippen LogP contribution >= 0.6 is 23.2 Å². The summed E-state index contributed by atoms with van der Waals surface area (Å²) in [5.74, 6) is 0. The van der Waals surface area contributed by atoms with Crippen molar-refractivity contribution >= 4 is 34.1 Å². The molecule has 1 heterocycles. The third kappa shape index (κ3) is 2.01. The lowest BCUT2D eigenvalue weighted by atomic mass is 10.1. The summed E-state index contributed by atoms with van der Waals surface area (Å²) in [4.78, 5) is 4.49. The number of hydrogen-bond acceptors (Lipinski definition) is 2. The zero-order chi connectivity index (χ0) is 11.7. The van der Waals surface area contributed by atoms with Crippen molar-refractivity contribution < 1.29 is 0 Å². The molecule has 0 spiro atoms. The van der Waals surface area contributed by atoms with Crippen molar-refractivity contribution in [1.82, 2.24) is 4.98 Å². The van der Waals surface area contributed by atoms with Crippen molar-refractivity contribution in [3.8, 4) is 0 Å². The van der Waals surface area contributed by atoms with Crippen LogP contribution in [0.15, 0.2) is 18.2 Å². The van der Waals surface area contributed by atoms with Crippen molar-refractivity contribution in [3.63, 3.8) is 0 Å². The summed E-state index contributed by atoms with van der Waals surface area (Å²) >= 11 is 12.1. The summed E-state index contributed by atoms with van der Waals surface area (Å²) in [5, 5.41) is 2.09. The molecule has 0 amide bonds. The van der Waals surface area contributed by atoms with Crippen LogP contribution in [0.4, 0.5) is 0 Å². The first-order chi connectivity index (χ1) is 7.63. The Labute approximate surface area is 104 Å². The molecule has 0 saturated carbocycles. The van der Waals surface area contributed by atoms with E-state index in [4.69, 9.17) is 28.9 Å². The quantitative estimate of drug-likeness (QED) is 0.893. The molecule has 1 aromatic carbocycles. The van der Waals surface area contributed by atoms with Crippen molar-refractivity contribution in [2.45, 2.75) is 13.3 Å². The Balaban J connectivity index is 2.73. The number of nitrogens with two attached hydrogens (primary N) is 1. The third-order valence-corrected chi connectivity index (χ3v) is 3.33. The molecular weight excluding hydrogens is 243 g/mol. The molecule has 0 atom stereocenters. The number of aryl methyl sites for hydroxylation is 1. The Hall–Kier alpha value is -0.830. The number of rotatable bonds is 2. The molecule has 0 aliphatic heterocycles. The van der Waals surface area contributed by atoms with Crippen molar-refractivity contribution in [2.75, 3.05) is 6.54 Å². The molecule has 0 saturated heterocycles. The number of nitrogens with zero attached hydrogens (tertiary/aromatic N) is 1. The van der Waals surface area contributed by atoms with E-state index in [0.29, 0.717) is 16.6 Å². The van der Waals surface area contributed by atoms with Gasteiger partial charge in [-0.3, -0.25) is 4.98 Å². The van der Waals surface area contributed by atoms with Crippen LogP contribution in [0, 0.1) is 6.92 Å². The molecule has 0 unspecified atom stereocenters. The van der Waals surface area contributed by atoms with Gasteiger partial charge in [0.2, 0.25) is 0 Å². The summed E-state index contributed by atoms with van der Waals surface area (Å²) in [6, 6.07) is 5.78. The fourth-order valence-electron chi connectivity index (χ4n) is 1.75. The highest BCUT2D eigenvalue weighted by atomic mass is 35.5. The largest absolute Gasteiger partial charge is 0.330 e. The van der Waals surface area contributed by atoms with Crippen LogP contribution in [0.1, 0.15) is 11.3 Å². The minimum atomic E-state index is 0.515. The van der Waals surface area contributed by atoms with Crippen LogP contribution in [0.5, 0.6) is 0 Å². The second kappa shape index (κ2) is 4.58. The average Bonchev–Trinajstić information content (AvgIpc) is 2.25. The maximum absolute atomic E-state index is 6.14. The lowest BCUT2D eigenvalue weighted by Crippen LogP contribution is -2.05. The summed E-state index contributed by atoms with van der Waals surface area (Å²) in [6.07, 6.45) is 0.750. The minimum absolute atomic E-state index is 0.515. The smallest absolute Gasteiger partial charge is 0.0909 e. The van der Waals surface area contributed by atoms with Crippen LogP contribution in [-0.2, 0) is 6.42 Å². The lowest BCUT2D eigenvalue weighted by molar-refractivity contribution is 0.930. The highest BCUT2D eigenvalue weighted by Gasteiger charge is 2.08. The first-order valence-electron chi connectivity index (χ1n) is 5.08. The predicted octanol–water partition coefficient (Wildman–Crippen LogP) is 3.35. The van der Waals surface area contributed by atoms with Gasteiger partial charge in [0.05, 0.1) is 15.6 Å². The monoisotopic (exact) mass is 254 g/mol. The summed E-state index contributed by atoms with van der Waals surface area (Å²) in [5.41, 5.74) is 8.39. The van der Waals surface area contributed by atoms with E-state index in [1.54, 1.807) is 6.07 Å². The van der Waals surface area contributed by atoms with Crippen LogP contribution < -0.4 is 5.73 Å². The molecular formula is C12H12Cl2N2. The van der Waals surface area contributed by atoms with E-state index in [0.717, 1.165) is 28.6 Å². The lowest BCUT2D eigenvalue weighted by Gasteiger charge is -2.08. The molecule has 2 aromatic rings. The van der Waals surface area contributed by atoms with Crippen LogP contribution in [-0.4, -0.2) is 11.5 Å². The van der Waals surface area contributed by atoms with Gasteiger partial charge in [-0.15, -0.1) is 0 Å². The Morgan fingerprint density at radius 3 is 2.75 bits per heavy atom. The molecule has 0 fully saturated rings. The predicted molar refractivity (Wildman–Crippen MR) is 69.3 cm³/mol. The van der Waals surface area contributed by atoms with Gasteiger partial charge in [0, 0.05) is 17.5 Å². The number of benzene rings is 1. The van der Waals surface area contributed by atoms with Crippen LogP contribution in [0.2, 0.25) is 10.0 Å². The minimum Gasteiger partial charge on any atom is -0.330 e. The molecule has 0 radical (unpaired) electrons. The fourth-order valence-corrected chi connectivity index (χ4v) is 2.11. The normalized spacial score (nSPS) is 11.0. The van der Waals surface area contributed by atoms with Gasteiger partial charge in [-0.1, -0.05) is 29.3 Å². The van der Waals surface area contributed by atoms with Crippen molar-refractivity contribution in [3.05, 3.63) is 39.5 Å². The van der Waals surface area contributed by atoms with E-state index >= 15 is 0 Å². The maximum atomic E-state index is 6.14. The van der Waals surface area contributed by atoms with Gasteiger partial charge in [0.25, 0.3) is 0 Å². The number of pyridine rings is 1. The summed E-state index contributed by atoms with van der Waals surface area (Å²) in [7, 11) is 0. The van der Waals surface area contributed by atoms with Crippen molar-refractivity contribution in [2.24, 2.45) is 5.73 Å². The topological polar surface area (TPSA) is 38.9 Å². The van der Waals surface area contributed by atoms with Gasteiger partial charge < -0.3 is 5.73 Å². The number of halogens is 2. The first kappa shape index (κ1) is 11.6. The average molecular weight is 255 g/mol. The standard InChI is InChI=1S/C12H12Cl2N2/c1-7-6-8(4-5-15)16-12-9(7)2-3-10(13)11(12)14/h2-3,6H,4-5,15H2,1H3. The Morgan fingerprint density at radius 2 is 2.06 bits per heavy atom. The van der Waals surface area contributed by atoms with Crippen LogP contribution in [0.25, 0.3) is 10.9 Å². The molecule has 2 nitrogen and oxygen atoms in total. The molecule has 16 heavy (non-hydrogen) atoms. The highest BCUT2D eigenvalue weighted by Crippen LogP contribution is 2.31. The van der Waals surface area contributed by atoms with Gasteiger partial charge in [-0.2, -0.15) is 0 Å². The second-order valence-corrected chi connectivity index (χ2v) is 4.51. The first-order valence-corrected chi connectivity index (χ1v) is 5.83. The van der Waals surface area contributed by atoms with Gasteiger partial charge in [0.15, 0.2) is 0 Å². The summed E-state index contributed by atoms with van der Waals surface area (Å²) < 4.78 is 0.